The van der Waals surface area contributed by atoms with Gasteiger partial charge < -0.3 is 5.32 Å². The van der Waals surface area contributed by atoms with Crippen LogP contribution in [0.25, 0.3) is 17.0 Å². The Bertz CT molecular complexity index is 1040. The van der Waals surface area contributed by atoms with E-state index in [-0.39, 0.29) is 11.8 Å². The van der Waals surface area contributed by atoms with Gasteiger partial charge in [-0.1, -0.05) is 49.4 Å². The molecule has 1 amide bonds. The summed E-state index contributed by atoms with van der Waals surface area (Å²) in [7, 11) is 0. The molecule has 0 saturated heterocycles. The molecule has 4 rings (SSSR count). The van der Waals surface area contributed by atoms with Crippen LogP contribution in [0.4, 0.5) is 5.69 Å². The Balaban J connectivity index is 1.58. The number of fused-ring (bicyclic) bond motifs is 1. The predicted molar refractivity (Wildman–Crippen MR) is 107 cm³/mol. The van der Waals surface area contributed by atoms with Gasteiger partial charge in [0, 0.05) is 29.8 Å². The monoisotopic (exact) mass is 356 g/mol. The third-order valence-electron chi connectivity index (χ3n) is 4.59. The molecule has 5 heteroatoms. The lowest BCUT2D eigenvalue weighted by Crippen LogP contribution is -2.20. The molecule has 0 radical (unpaired) electrons. The van der Waals surface area contributed by atoms with Crippen LogP contribution in [0.15, 0.2) is 79.3 Å². The Morgan fingerprint density at radius 1 is 1.11 bits per heavy atom. The zero-order valence-electron chi connectivity index (χ0n) is 15.0. The molecule has 1 N–H and O–H groups in total. The van der Waals surface area contributed by atoms with Crippen LogP contribution in [0, 0.1) is 0 Å². The lowest BCUT2D eigenvalue weighted by atomic mass is 9.95. The van der Waals surface area contributed by atoms with E-state index in [0.717, 1.165) is 28.9 Å². The number of aromatic nitrogens is 3. The molecule has 0 aliphatic carbocycles. The van der Waals surface area contributed by atoms with E-state index in [9.17, 15) is 4.79 Å². The van der Waals surface area contributed by atoms with Crippen molar-refractivity contribution in [1.29, 1.82) is 0 Å². The van der Waals surface area contributed by atoms with Gasteiger partial charge >= 0.3 is 0 Å². The summed E-state index contributed by atoms with van der Waals surface area (Å²) in [6.45, 7) is 2.03. The van der Waals surface area contributed by atoms with Crippen molar-refractivity contribution in [1.82, 2.24) is 14.4 Å². The molecule has 0 bridgehead atoms. The first kappa shape index (κ1) is 17.0. The number of hydrogen-bond donors (Lipinski definition) is 1. The standard InChI is InChI=1S/C22H20N4O/c1-2-19(16-8-4-3-5-9-16)21(27)24-18-11-6-10-17(14-18)20-15-26-13-7-12-23-22(26)25-20/h3-15,19H,2H2,1H3,(H,24,27)/t19-/m1/s1. The number of benzene rings is 2. The number of nitrogens with one attached hydrogen (secondary N) is 1. The number of carbonyl (C=O) groups excluding carboxylic acids is 1. The van der Waals surface area contributed by atoms with Gasteiger partial charge in [0.05, 0.1) is 11.6 Å². The first-order valence-electron chi connectivity index (χ1n) is 9.00. The van der Waals surface area contributed by atoms with Crippen molar-refractivity contribution in [3.05, 3.63) is 84.8 Å². The summed E-state index contributed by atoms with van der Waals surface area (Å²) in [5.74, 6) is 0.476. The Hall–Kier alpha value is -3.47. The summed E-state index contributed by atoms with van der Waals surface area (Å²) >= 11 is 0. The molecule has 0 aliphatic heterocycles. The maximum Gasteiger partial charge on any atom is 0.234 e. The molecule has 4 aromatic rings. The lowest BCUT2D eigenvalue weighted by molar-refractivity contribution is -0.117. The van der Waals surface area contributed by atoms with Gasteiger partial charge in [-0.25, -0.2) is 9.97 Å². The van der Waals surface area contributed by atoms with Crippen molar-refractivity contribution in [2.45, 2.75) is 19.3 Å². The second-order valence-electron chi connectivity index (χ2n) is 6.39. The highest BCUT2D eigenvalue weighted by molar-refractivity contribution is 5.96. The Morgan fingerprint density at radius 2 is 1.96 bits per heavy atom. The molecule has 5 nitrogen and oxygen atoms in total. The number of anilines is 1. The van der Waals surface area contributed by atoms with Crippen molar-refractivity contribution in [2.75, 3.05) is 5.32 Å². The maximum absolute atomic E-state index is 12.8. The van der Waals surface area contributed by atoms with E-state index in [1.807, 2.05) is 84.4 Å². The third-order valence-corrected chi connectivity index (χ3v) is 4.59. The predicted octanol–water partition coefficient (Wildman–Crippen LogP) is 4.53. The zero-order valence-corrected chi connectivity index (χ0v) is 15.0. The van der Waals surface area contributed by atoms with Gasteiger partial charge in [0.15, 0.2) is 0 Å². The van der Waals surface area contributed by atoms with Gasteiger partial charge in [-0.15, -0.1) is 0 Å². The highest BCUT2D eigenvalue weighted by Crippen LogP contribution is 2.25. The van der Waals surface area contributed by atoms with Crippen molar-refractivity contribution in [3.8, 4) is 11.3 Å². The topological polar surface area (TPSA) is 59.3 Å². The molecular weight excluding hydrogens is 336 g/mol. The first-order valence-corrected chi connectivity index (χ1v) is 9.00. The van der Waals surface area contributed by atoms with E-state index < -0.39 is 0 Å². The van der Waals surface area contributed by atoms with Crippen LogP contribution in [0.3, 0.4) is 0 Å². The average Bonchev–Trinajstić information content (AvgIpc) is 3.14. The Labute approximate surface area is 157 Å². The Morgan fingerprint density at radius 3 is 2.74 bits per heavy atom. The fourth-order valence-electron chi connectivity index (χ4n) is 3.21. The van der Waals surface area contributed by atoms with E-state index in [1.54, 1.807) is 6.20 Å². The van der Waals surface area contributed by atoms with Gasteiger partial charge in [-0.3, -0.25) is 9.20 Å². The molecule has 2 aromatic heterocycles. The van der Waals surface area contributed by atoms with Crippen molar-refractivity contribution >= 4 is 17.4 Å². The summed E-state index contributed by atoms with van der Waals surface area (Å²) in [6.07, 6.45) is 6.31. The number of hydrogen-bond acceptors (Lipinski definition) is 3. The van der Waals surface area contributed by atoms with E-state index in [4.69, 9.17) is 0 Å². The molecule has 27 heavy (non-hydrogen) atoms. The highest BCUT2D eigenvalue weighted by Gasteiger charge is 2.18. The van der Waals surface area contributed by atoms with Gasteiger partial charge in [-0.2, -0.15) is 0 Å². The van der Waals surface area contributed by atoms with Gasteiger partial charge in [-0.05, 0) is 30.2 Å². The number of imidazole rings is 1. The molecule has 1 atom stereocenters. The minimum atomic E-state index is -0.172. The molecule has 2 aromatic carbocycles. The smallest absolute Gasteiger partial charge is 0.234 e. The van der Waals surface area contributed by atoms with Crippen LogP contribution in [0.1, 0.15) is 24.8 Å². The molecule has 0 unspecified atom stereocenters. The van der Waals surface area contributed by atoms with E-state index in [2.05, 4.69) is 15.3 Å². The Kier molecular flexibility index (Phi) is 4.66. The van der Waals surface area contributed by atoms with Crippen LogP contribution in [0.2, 0.25) is 0 Å². The number of amides is 1. The molecule has 0 fully saturated rings. The fourth-order valence-corrected chi connectivity index (χ4v) is 3.21. The highest BCUT2D eigenvalue weighted by atomic mass is 16.1. The second-order valence-corrected chi connectivity index (χ2v) is 6.39. The molecule has 0 aliphatic rings. The van der Waals surface area contributed by atoms with E-state index in [0.29, 0.717) is 5.78 Å². The first-order chi connectivity index (χ1) is 13.2. The van der Waals surface area contributed by atoms with Crippen molar-refractivity contribution < 1.29 is 4.79 Å². The fraction of sp³-hybridized carbons (Fsp3) is 0.136. The van der Waals surface area contributed by atoms with Gasteiger partial charge in [0.1, 0.15) is 0 Å². The quantitative estimate of drug-likeness (QED) is 0.571. The van der Waals surface area contributed by atoms with Crippen LogP contribution < -0.4 is 5.32 Å². The molecular formula is C22H20N4O. The molecule has 2 heterocycles. The minimum Gasteiger partial charge on any atom is -0.326 e. The summed E-state index contributed by atoms with van der Waals surface area (Å²) in [4.78, 5) is 21.6. The molecule has 0 saturated carbocycles. The van der Waals surface area contributed by atoms with Crippen LogP contribution in [0.5, 0.6) is 0 Å². The summed E-state index contributed by atoms with van der Waals surface area (Å²) in [5, 5.41) is 3.05. The average molecular weight is 356 g/mol. The van der Waals surface area contributed by atoms with Crippen molar-refractivity contribution in [3.63, 3.8) is 0 Å². The van der Waals surface area contributed by atoms with E-state index >= 15 is 0 Å². The normalized spacial score (nSPS) is 12.0. The third kappa shape index (κ3) is 3.58. The zero-order chi connectivity index (χ0) is 18.6. The summed E-state index contributed by atoms with van der Waals surface area (Å²) < 4.78 is 1.88. The number of nitrogens with zero attached hydrogens (tertiary/aromatic N) is 3. The summed E-state index contributed by atoms with van der Waals surface area (Å²) in [6, 6.07) is 19.5. The summed E-state index contributed by atoms with van der Waals surface area (Å²) in [5.41, 5.74) is 3.54. The second kappa shape index (κ2) is 7.41. The largest absolute Gasteiger partial charge is 0.326 e. The van der Waals surface area contributed by atoms with Crippen LogP contribution >= 0.6 is 0 Å². The molecule has 134 valence electrons. The molecule has 0 spiro atoms. The number of rotatable bonds is 5. The maximum atomic E-state index is 12.8. The lowest BCUT2D eigenvalue weighted by Gasteiger charge is -2.15. The van der Waals surface area contributed by atoms with Crippen LogP contribution in [-0.4, -0.2) is 20.3 Å². The van der Waals surface area contributed by atoms with Crippen molar-refractivity contribution in [2.24, 2.45) is 0 Å². The minimum absolute atomic E-state index is 0.00230. The van der Waals surface area contributed by atoms with E-state index in [1.165, 1.54) is 0 Å². The number of carbonyl (C=O) groups is 1. The SMILES string of the molecule is CC[C@@H](C(=O)Nc1cccc(-c2cn3cccnc3n2)c1)c1ccccc1. The van der Waals surface area contributed by atoms with Crippen LogP contribution in [-0.2, 0) is 4.79 Å². The van der Waals surface area contributed by atoms with Gasteiger partial charge in [0.25, 0.3) is 0 Å². The van der Waals surface area contributed by atoms with Gasteiger partial charge in [0.2, 0.25) is 11.7 Å².